The second-order valence-electron chi connectivity index (χ2n) is 5.45. The first kappa shape index (κ1) is 15.6. The lowest BCUT2D eigenvalue weighted by atomic mass is 10.4. The Labute approximate surface area is 138 Å². The van der Waals surface area contributed by atoms with Crippen LogP contribution >= 0.6 is 0 Å². The maximum absolute atomic E-state index is 11.6. The smallest absolute Gasteiger partial charge is 0.296 e. The second kappa shape index (κ2) is 6.04. The van der Waals surface area contributed by atoms with E-state index in [4.69, 9.17) is 10.2 Å². The van der Waals surface area contributed by atoms with Crippen LogP contribution in [0, 0.1) is 11.8 Å². The van der Waals surface area contributed by atoms with Gasteiger partial charge in [-0.1, -0.05) is 0 Å². The lowest BCUT2D eigenvalue weighted by molar-refractivity contribution is -0.116. The molecular weight excluding hydrogens is 308 g/mol. The number of anilines is 1. The Morgan fingerprint density at radius 3 is 2.83 bits per heavy atom. The highest BCUT2D eigenvalue weighted by Gasteiger charge is 2.16. The van der Waals surface area contributed by atoms with E-state index in [1.807, 2.05) is 13.8 Å². The van der Waals surface area contributed by atoms with Crippen LogP contribution in [0.25, 0.3) is 22.7 Å². The Bertz CT molecular complexity index is 960. The van der Waals surface area contributed by atoms with Gasteiger partial charge in [0.1, 0.15) is 0 Å². The maximum Gasteiger partial charge on any atom is 0.296 e. The lowest BCUT2D eigenvalue weighted by Crippen LogP contribution is -2.28. The molecule has 0 atom stereocenters. The molecular formula is C16H16N6O2. The lowest BCUT2D eigenvalue weighted by Gasteiger charge is -2.02. The normalized spacial score (nSPS) is 10.7. The molecule has 3 aromatic rings. The van der Waals surface area contributed by atoms with Crippen LogP contribution in [0.5, 0.6) is 0 Å². The van der Waals surface area contributed by atoms with Crippen LogP contribution in [0.2, 0.25) is 0 Å². The molecule has 3 N–H and O–H groups in total. The fraction of sp³-hybridized carbons (Fsp3) is 0.250. The van der Waals surface area contributed by atoms with Gasteiger partial charge in [0.05, 0.1) is 6.26 Å². The molecule has 0 saturated carbocycles. The average molecular weight is 324 g/mol. The molecule has 3 rings (SSSR count). The van der Waals surface area contributed by atoms with E-state index in [0.717, 1.165) is 0 Å². The summed E-state index contributed by atoms with van der Waals surface area (Å²) in [6, 6.07) is 3.57. The number of furan rings is 1. The summed E-state index contributed by atoms with van der Waals surface area (Å²) in [4.78, 5) is 24.4. The van der Waals surface area contributed by atoms with Crippen LogP contribution in [-0.2, 0) is 11.8 Å². The van der Waals surface area contributed by atoms with Crippen LogP contribution in [-0.4, -0.2) is 31.5 Å². The second-order valence-corrected chi connectivity index (χ2v) is 5.45. The third-order valence-electron chi connectivity index (χ3n) is 3.19. The molecule has 0 aliphatic carbocycles. The zero-order chi connectivity index (χ0) is 17.3. The molecule has 3 heterocycles. The van der Waals surface area contributed by atoms with Crippen molar-refractivity contribution in [2.24, 2.45) is 7.05 Å². The van der Waals surface area contributed by atoms with E-state index in [1.165, 1.54) is 0 Å². The van der Waals surface area contributed by atoms with Crippen molar-refractivity contribution in [1.82, 2.24) is 24.8 Å². The Kier molecular flexibility index (Phi) is 3.92. The van der Waals surface area contributed by atoms with Crippen molar-refractivity contribution >= 4 is 22.9 Å². The minimum Gasteiger partial charge on any atom is -0.461 e. The number of nitrogens with zero attached hydrogens (tertiary/aromatic N) is 4. The van der Waals surface area contributed by atoms with Gasteiger partial charge in [0.2, 0.25) is 5.82 Å². The number of hydrogen-bond donors (Lipinski definition) is 2. The molecule has 1 amide bonds. The third-order valence-corrected chi connectivity index (χ3v) is 3.19. The van der Waals surface area contributed by atoms with Crippen molar-refractivity contribution in [2.45, 2.75) is 19.9 Å². The van der Waals surface area contributed by atoms with Gasteiger partial charge in [0, 0.05) is 19.0 Å². The van der Waals surface area contributed by atoms with Gasteiger partial charge < -0.3 is 20.0 Å². The fourth-order valence-electron chi connectivity index (χ4n) is 2.18. The molecule has 0 aliphatic heterocycles. The Balaban J connectivity index is 2.03. The van der Waals surface area contributed by atoms with Gasteiger partial charge in [-0.25, -0.2) is 15.0 Å². The molecule has 8 heteroatoms. The van der Waals surface area contributed by atoms with Gasteiger partial charge in [-0.05, 0) is 31.9 Å². The highest BCUT2D eigenvalue weighted by atomic mass is 16.3. The summed E-state index contributed by atoms with van der Waals surface area (Å²) in [6.07, 6.45) is 1.56. The minimum absolute atomic E-state index is 0.00759. The molecule has 0 aliphatic rings. The van der Waals surface area contributed by atoms with Gasteiger partial charge >= 0.3 is 0 Å². The number of carbonyl (C=O) groups excluding carboxylic acids is 1. The SMILES string of the molecule is CC(C)NC(=O)C#Cc1nc(N)c2nc(-c3ccco3)n(C)c2n1. The molecule has 24 heavy (non-hydrogen) atoms. The summed E-state index contributed by atoms with van der Waals surface area (Å²) in [5, 5.41) is 2.67. The summed E-state index contributed by atoms with van der Waals surface area (Å²) in [5.41, 5.74) is 6.93. The van der Waals surface area contributed by atoms with Crippen LogP contribution < -0.4 is 11.1 Å². The number of amides is 1. The minimum atomic E-state index is -0.395. The maximum atomic E-state index is 11.6. The van der Waals surface area contributed by atoms with Crippen molar-refractivity contribution in [3.8, 4) is 23.4 Å². The number of hydrogen-bond acceptors (Lipinski definition) is 6. The zero-order valence-corrected chi connectivity index (χ0v) is 13.5. The van der Waals surface area contributed by atoms with Crippen LogP contribution in [0.15, 0.2) is 22.8 Å². The monoisotopic (exact) mass is 324 g/mol. The number of nitrogens with one attached hydrogen (secondary N) is 1. The van der Waals surface area contributed by atoms with E-state index in [2.05, 4.69) is 32.1 Å². The van der Waals surface area contributed by atoms with Crippen LogP contribution in [0.3, 0.4) is 0 Å². The Morgan fingerprint density at radius 2 is 2.17 bits per heavy atom. The molecule has 3 aromatic heterocycles. The standard InChI is InChI=1S/C16H16N6O2/c1-9(2)18-12(23)7-6-11-19-14(17)13-16(20-11)22(3)15(21-13)10-5-4-8-24-10/h4-5,8-9H,1-3H3,(H,18,23)(H2,17,19,20). The predicted octanol–water partition coefficient (Wildman–Crippen LogP) is 1.08. The number of nitrogen functional groups attached to an aromatic ring is 1. The first-order valence-corrected chi connectivity index (χ1v) is 7.32. The fourth-order valence-corrected chi connectivity index (χ4v) is 2.18. The van der Waals surface area contributed by atoms with E-state index in [-0.39, 0.29) is 17.7 Å². The molecule has 0 fully saturated rings. The van der Waals surface area contributed by atoms with Gasteiger partial charge in [-0.3, -0.25) is 4.79 Å². The summed E-state index contributed by atoms with van der Waals surface area (Å²) < 4.78 is 7.10. The quantitative estimate of drug-likeness (QED) is 0.682. The van der Waals surface area contributed by atoms with E-state index < -0.39 is 5.91 Å². The number of fused-ring (bicyclic) bond motifs is 1. The molecule has 122 valence electrons. The number of aryl methyl sites for hydroxylation is 1. The molecule has 0 unspecified atom stereocenters. The molecule has 8 nitrogen and oxygen atoms in total. The van der Waals surface area contributed by atoms with Gasteiger partial charge in [0.15, 0.2) is 28.6 Å². The van der Waals surface area contributed by atoms with Gasteiger partial charge in [0.25, 0.3) is 5.91 Å². The van der Waals surface area contributed by atoms with E-state index in [0.29, 0.717) is 22.7 Å². The van der Waals surface area contributed by atoms with E-state index in [9.17, 15) is 4.79 Å². The third kappa shape index (κ3) is 2.92. The van der Waals surface area contributed by atoms with Crippen molar-refractivity contribution in [1.29, 1.82) is 0 Å². The van der Waals surface area contributed by atoms with Crippen molar-refractivity contribution in [3.05, 3.63) is 24.2 Å². The van der Waals surface area contributed by atoms with Crippen molar-refractivity contribution in [2.75, 3.05) is 5.73 Å². The summed E-state index contributed by atoms with van der Waals surface area (Å²) >= 11 is 0. The molecule has 0 spiro atoms. The predicted molar refractivity (Wildman–Crippen MR) is 88.6 cm³/mol. The van der Waals surface area contributed by atoms with Crippen LogP contribution in [0.1, 0.15) is 19.7 Å². The zero-order valence-electron chi connectivity index (χ0n) is 13.5. The number of rotatable bonds is 2. The van der Waals surface area contributed by atoms with Gasteiger partial charge in [-0.15, -0.1) is 0 Å². The largest absolute Gasteiger partial charge is 0.461 e. The molecule has 0 bridgehead atoms. The number of carbonyl (C=O) groups is 1. The first-order chi connectivity index (χ1) is 11.5. The number of aromatic nitrogens is 4. The number of imidazole rings is 1. The number of nitrogens with two attached hydrogens (primary N) is 1. The van der Waals surface area contributed by atoms with Gasteiger partial charge in [-0.2, -0.15) is 0 Å². The first-order valence-electron chi connectivity index (χ1n) is 7.32. The molecule has 0 radical (unpaired) electrons. The highest BCUT2D eigenvalue weighted by molar-refractivity contribution is 5.94. The summed E-state index contributed by atoms with van der Waals surface area (Å²) in [7, 11) is 1.79. The van der Waals surface area contributed by atoms with Crippen LogP contribution in [0.4, 0.5) is 5.82 Å². The van der Waals surface area contributed by atoms with E-state index in [1.54, 1.807) is 30.0 Å². The average Bonchev–Trinajstić information content (AvgIpc) is 3.13. The van der Waals surface area contributed by atoms with Crippen molar-refractivity contribution < 1.29 is 9.21 Å². The Morgan fingerprint density at radius 1 is 1.38 bits per heavy atom. The molecule has 0 aromatic carbocycles. The summed E-state index contributed by atoms with van der Waals surface area (Å²) in [6.45, 7) is 3.71. The Hall–Kier alpha value is -3.34. The summed E-state index contributed by atoms with van der Waals surface area (Å²) in [5.74, 6) is 6.21. The van der Waals surface area contributed by atoms with Crippen molar-refractivity contribution in [3.63, 3.8) is 0 Å². The highest BCUT2D eigenvalue weighted by Crippen LogP contribution is 2.25. The molecule has 0 saturated heterocycles. The van der Waals surface area contributed by atoms with E-state index >= 15 is 0 Å². The topological polar surface area (TPSA) is 112 Å².